The van der Waals surface area contributed by atoms with Crippen molar-refractivity contribution in [1.29, 1.82) is 0 Å². The highest BCUT2D eigenvalue weighted by Gasteiger charge is 2.10. The zero-order valence-electron chi connectivity index (χ0n) is 3.87. The summed E-state index contributed by atoms with van der Waals surface area (Å²) in [7, 11) is -2.23. The van der Waals surface area contributed by atoms with Gasteiger partial charge >= 0.3 is 0 Å². The first-order chi connectivity index (χ1) is 3.21. The average molecular weight is 120 g/mol. The molecule has 1 heterocycles. The molecule has 0 amide bonds. The molecule has 2 nitrogen and oxygen atoms in total. The molecule has 0 fully saturated rings. The van der Waals surface area contributed by atoms with Gasteiger partial charge in [-0.15, -0.1) is 0 Å². The number of hydrogen-bond donors (Lipinski definition) is 2. The summed E-state index contributed by atoms with van der Waals surface area (Å²) >= 11 is 0. The summed E-state index contributed by atoms with van der Waals surface area (Å²) in [5, 5.41) is 1.49. The lowest BCUT2D eigenvalue weighted by atomic mass is 10.5. The largest absolute Gasteiger partial charge is 0.295 e. The normalized spacial score (nSPS) is 30.6. The molecule has 2 N–H and O–H groups in total. The Morgan fingerprint density at radius 2 is 2.14 bits per heavy atom. The second-order valence-electron chi connectivity index (χ2n) is 1.58. The van der Waals surface area contributed by atoms with Gasteiger partial charge in [-0.25, -0.2) is 0 Å². The highest BCUT2D eigenvalue weighted by atomic mass is 32.3. The maximum Gasteiger partial charge on any atom is 0.0453 e. The first-order valence-corrected chi connectivity index (χ1v) is 3.91. The molecule has 0 spiro atoms. The van der Waals surface area contributed by atoms with E-state index in [2.05, 4.69) is 0 Å². The molecule has 7 heavy (non-hydrogen) atoms. The number of allylic oxidation sites excluding steroid dienone is 1. The van der Waals surface area contributed by atoms with E-state index >= 15 is 0 Å². The second kappa shape index (κ2) is 1.51. The van der Waals surface area contributed by atoms with E-state index in [0.717, 1.165) is 6.42 Å². The van der Waals surface area contributed by atoms with Gasteiger partial charge in [0.1, 0.15) is 0 Å². The summed E-state index contributed by atoms with van der Waals surface area (Å²) in [6, 6.07) is 0. The average Bonchev–Trinajstić information content (AvgIpc) is 1.84. The van der Waals surface area contributed by atoms with Gasteiger partial charge in [0.05, 0.1) is 0 Å². The fourth-order valence-electron chi connectivity index (χ4n) is 0.532. The van der Waals surface area contributed by atoms with E-state index in [-0.39, 0.29) is 0 Å². The van der Waals surface area contributed by atoms with Crippen LogP contribution in [0.2, 0.25) is 0 Å². The molecule has 0 aromatic rings. The summed E-state index contributed by atoms with van der Waals surface area (Å²) in [5.41, 5.74) is 0. The van der Waals surface area contributed by atoms with Crippen LogP contribution in [0, 0.1) is 0 Å². The van der Waals surface area contributed by atoms with Crippen LogP contribution in [0.4, 0.5) is 0 Å². The van der Waals surface area contributed by atoms with Crippen molar-refractivity contribution in [2.45, 2.75) is 6.42 Å². The van der Waals surface area contributed by atoms with Gasteiger partial charge in [-0.2, -0.15) is 10.6 Å². The first-order valence-electron chi connectivity index (χ1n) is 2.13. The Labute approximate surface area is 44.2 Å². The Morgan fingerprint density at radius 1 is 1.43 bits per heavy atom. The molecule has 0 aliphatic carbocycles. The van der Waals surface area contributed by atoms with E-state index in [1.807, 2.05) is 0 Å². The van der Waals surface area contributed by atoms with Crippen LogP contribution in [0.15, 0.2) is 11.5 Å². The summed E-state index contributed by atoms with van der Waals surface area (Å²) in [5.74, 6) is 0.535. The van der Waals surface area contributed by atoms with Crippen LogP contribution in [-0.4, -0.2) is 14.9 Å². The SMILES string of the molecule is OS1(O)C=CCC1. The van der Waals surface area contributed by atoms with E-state index in [1.165, 1.54) is 5.41 Å². The summed E-state index contributed by atoms with van der Waals surface area (Å²) < 4.78 is 17.5. The van der Waals surface area contributed by atoms with E-state index in [9.17, 15) is 0 Å². The fourth-order valence-corrected chi connectivity index (χ4v) is 1.60. The van der Waals surface area contributed by atoms with E-state index in [0.29, 0.717) is 5.75 Å². The van der Waals surface area contributed by atoms with Gasteiger partial charge in [0.15, 0.2) is 0 Å². The number of hydrogen-bond acceptors (Lipinski definition) is 2. The van der Waals surface area contributed by atoms with Crippen LogP contribution < -0.4 is 0 Å². The molecule has 3 heteroatoms. The van der Waals surface area contributed by atoms with Crippen molar-refractivity contribution in [3.8, 4) is 0 Å². The molecule has 0 saturated heterocycles. The summed E-state index contributed by atoms with van der Waals surface area (Å²) in [6.45, 7) is 0. The monoisotopic (exact) mass is 120 g/mol. The third kappa shape index (κ3) is 1.19. The maximum absolute atomic E-state index is 8.75. The van der Waals surface area contributed by atoms with Crippen LogP contribution in [0.1, 0.15) is 6.42 Å². The van der Waals surface area contributed by atoms with Crippen molar-refractivity contribution < 1.29 is 9.11 Å². The molecule has 1 aliphatic heterocycles. The standard InChI is InChI=1S/C4H8O2S/c5-7(6)3-1-2-4-7/h1,3,5-6H,2,4H2. The molecule has 0 aromatic carbocycles. The van der Waals surface area contributed by atoms with Crippen LogP contribution in [0.25, 0.3) is 0 Å². The van der Waals surface area contributed by atoms with Crippen LogP contribution in [0.3, 0.4) is 0 Å². The minimum Gasteiger partial charge on any atom is -0.295 e. The molecule has 0 bridgehead atoms. The zero-order valence-corrected chi connectivity index (χ0v) is 4.69. The second-order valence-corrected chi connectivity index (χ2v) is 3.70. The van der Waals surface area contributed by atoms with Crippen LogP contribution in [-0.2, 0) is 0 Å². The summed E-state index contributed by atoms with van der Waals surface area (Å²) in [6.07, 6.45) is 2.62. The quantitative estimate of drug-likeness (QED) is 0.510. The third-order valence-corrected chi connectivity index (χ3v) is 2.36. The predicted molar refractivity (Wildman–Crippen MR) is 31.5 cm³/mol. The minimum atomic E-state index is -2.23. The van der Waals surface area contributed by atoms with E-state index < -0.39 is 10.6 Å². The summed E-state index contributed by atoms with van der Waals surface area (Å²) in [4.78, 5) is 0. The van der Waals surface area contributed by atoms with Gasteiger partial charge in [-0.05, 0) is 6.42 Å². The lowest BCUT2D eigenvalue weighted by Crippen LogP contribution is -1.90. The Morgan fingerprint density at radius 3 is 2.29 bits per heavy atom. The van der Waals surface area contributed by atoms with E-state index in [4.69, 9.17) is 9.11 Å². The van der Waals surface area contributed by atoms with Gasteiger partial charge in [0.2, 0.25) is 0 Å². The van der Waals surface area contributed by atoms with Crippen LogP contribution in [0.5, 0.6) is 0 Å². The van der Waals surface area contributed by atoms with Crippen LogP contribution >= 0.6 is 10.6 Å². The van der Waals surface area contributed by atoms with Gasteiger partial charge in [0.25, 0.3) is 0 Å². The fraction of sp³-hybridized carbons (Fsp3) is 0.500. The van der Waals surface area contributed by atoms with Gasteiger partial charge < -0.3 is 0 Å². The maximum atomic E-state index is 8.75. The van der Waals surface area contributed by atoms with Gasteiger partial charge in [-0.3, -0.25) is 9.11 Å². The molecule has 0 atom stereocenters. The lowest BCUT2D eigenvalue weighted by molar-refractivity contribution is 0.502. The minimum absolute atomic E-state index is 0.535. The molecule has 0 aromatic heterocycles. The van der Waals surface area contributed by atoms with Gasteiger partial charge in [-0.1, -0.05) is 6.08 Å². The third-order valence-electron chi connectivity index (χ3n) is 0.899. The zero-order chi connectivity index (χ0) is 5.33. The molecule has 1 rings (SSSR count). The Balaban J connectivity index is 2.57. The Hall–Kier alpha value is 0.0100. The van der Waals surface area contributed by atoms with Crippen molar-refractivity contribution >= 4 is 10.6 Å². The van der Waals surface area contributed by atoms with Crippen molar-refractivity contribution in [3.05, 3.63) is 11.5 Å². The first kappa shape index (κ1) is 5.15. The smallest absolute Gasteiger partial charge is 0.0453 e. The van der Waals surface area contributed by atoms with Crippen molar-refractivity contribution in [3.63, 3.8) is 0 Å². The van der Waals surface area contributed by atoms with Crippen molar-refractivity contribution in [2.24, 2.45) is 0 Å². The van der Waals surface area contributed by atoms with Crippen molar-refractivity contribution in [2.75, 3.05) is 5.75 Å². The lowest BCUT2D eigenvalue weighted by Gasteiger charge is -2.22. The topological polar surface area (TPSA) is 40.5 Å². The van der Waals surface area contributed by atoms with Gasteiger partial charge in [0, 0.05) is 11.2 Å². The molecule has 42 valence electrons. The highest BCUT2D eigenvalue weighted by molar-refractivity contribution is 8.27. The molecule has 0 radical (unpaired) electrons. The Kier molecular flexibility index (Phi) is 1.11. The molecule has 1 aliphatic rings. The molecule has 0 unspecified atom stereocenters. The van der Waals surface area contributed by atoms with E-state index in [1.54, 1.807) is 6.08 Å². The highest BCUT2D eigenvalue weighted by Crippen LogP contribution is 2.44. The molecule has 0 saturated carbocycles. The molecular weight excluding hydrogens is 112 g/mol. The van der Waals surface area contributed by atoms with Crippen molar-refractivity contribution in [1.82, 2.24) is 0 Å². The number of rotatable bonds is 0. The Bertz CT molecular complexity index is 97.9. The molecular formula is C4H8O2S. The predicted octanol–water partition coefficient (Wildman–Crippen LogP) is 1.65.